The van der Waals surface area contributed by atoms with E-state index in [9.17, 15) is 8.78 Å². The maximum Gasteiger partial charge on any atom is 0.261 e. The van der Waals surface area contributed by atoms with Crippen molar-refractivity contribution in [1.82, 2.24) is 10.3 Å². The van der Waals surface area contributed by atoms with Gasteiger partial charge in [-0.05, 0) is 25.1 Å². The standard InChI is InChI=1S/C15H20F2N2OS/c1-2-18-11(7-8-20-10-14(16)17)9-15-19-12-5-3-4-6-13(12)21-15/h3-6,11,14,18H,2,7-10H2,1H3. The molecule has 116 valence electrons. The van der Waals surface area contributed by atoms with Crippen molar-refractivity contribution < 1.29 is 13.5 Å². The molecule has 0 aliphatic rings. The van der Waals surface area contributed by atoms with Crippen molar-refractivity contribution >= 4 is 21.6 Å². The predicted molar refractivity (Wildman–Crippen MR) is 82.2 cm³/mol. The van der Waals surface area contributed by atoms with E-state index in [1.54, 1.807) is 11.3 Å². The lowest BCUT2D eigenvalue weighted by molar-refractivity contribution is 0.0144. The van der Waals surface area contributed by atoms with E-state index in [-0.39, 0.29) is 6.04 Å². The van der Waals surface area contributed by atoms with Gasteiger partial charge >= 0.3 is 0 Å². The molecule has 0 saturated carbocycles. The second-order valence-electron chi connectivity index (χ2n) is 4.79. The molecule has 6 heteroatoms. The van der Waals surface area contributed by atoms with E-state index >= 15 is 0 Å². The van der Waals surface area contributed by atoms with Gasteiger partial charge in [0.05, 0.1) is 15.2 Å². The quantitative estimate of drug-likeness (QED) is 0.720. The van der Waals surface area contributed by atoms with Gasteiger partial charge in [-0.1, -0.05) is 19.1 Å². The van der Waals surface area contributed by atoms with Crippen molar-refractivity contribution in [2.45, 2.75) is 32.2 Å². The number of aromatic nitrogens is 1. The van der Waals surface area contributed by atoms with Gasteiger partial charge in [-0.2, -0.15) is 0 Å². The number of benzene rings is 1. The molecule has 0 aliphatic heterocycles. The lowest BCUT2D eigenvalue weighted by Gasteiger charge is -2.16. The number of alkyl halides is 2. The third kappa shape index (κ3) is 5.30. The first-order valence-corrected chi connectivity index (χ1v) is 7.94. The Morgan fingerprint density at radius 3 is 2.86 bits per heavy atom. The summed E-state index contributed by atoms with van der Waals surface area (Å²) in [6, 6.07) is 8.25. The predicted octanol–water partition coefficient (Wildman–Crippen LogP) is 3.49. The average molecular weight is 314 g/mol. The second-order valence-corrected chi connectivity index (χ2v) is 5.90. The third-order valence-electron chi connectivity index (χ3n) is 3.11. The molecule has 2 rings (SSSR count). The molecule has 0 amide bonds. The molecule has 0 bridgehead atoms. The largest absolute Gasteiger partial charge is 0.375 e. The van der Waals surface area contributed by atoms with Crippen LogP contribution < -0.4 is 5.32 Å². The molecule has 1 unspecified atom stereocenters. The number of nitrogens with one attached hydrogen (secondary N) is 1. The Balaban J connectivity index is 1.89. The van der Waals surface area contributed by atoms with Gasteiger partial charge in [-0.3, -0.25) is 0 Å². The van der Waals surface area contributed by atoms with Gasteiger partial charge in [0.1, 0.15) is 6.61 Å². The summed E-state index contributed by atoms with van der Waals surface area (Å²) in [6.07, 6.45) is -0.895. The molecule has 2 aromatic rings. The molecule has 0 spiro atoms. The maximum absolute atomic E-state index is 12.0. The van der Waals surface area contributed by atoms with E-state index < -0.39 is 13.0 Å². The fourth-order valence-electron chi connectivity index (χ4n) is 2.18. The first-order valence-electron chi connectivity index (χ1n) is 7.12. The molecule has 0 radical (unpaired) electrons. The van der Waals surface area contributed by atoms with Gasteiger partial charge in [0.2, 0.25) is 0 Å². The molecule has 1 heterocycles. The summed E-state index contributed by atoms with van der Waals surface area (Å²) < 4.78 is 30.2. The highest BCUT2D eigenvalue weighted by molar-refractivity contribution is 7.18. The topological polar surface area (TPSA) is 34.1 Å². The molecule has 1 N–H and O–H groups in total. The van der Waals surface area contributed by atoms with Crippen LogP contribution in [0, 0.1) is 0 Å². The molecular weight excluding hydrogens is 294 g/mol. The number of fused-ring (bicyclic) bond motifs is 1. The minimum atomic E-state index is -2.40. The van der Waals surface area contributed by atoms with Crippen LogP contribution in [0.2, 0.25) is 0 Å². The van der Waals surface area contributed by atoms with Crippen LogP contribution in [0.1, 0.15) is 18.4 Å². The maximum atomic E-state index is 12.0. The monoisotopic (exact) mass is 314 g/mol. The van der Waals surface area contributed by atoms with Crippen molar-refractivity contribution in [3.05, 3.63) is 29.3 Å². The number of thiazole rings is 1. The highest BCUT2D eigenvalue weighted by atomic mass is 32.1. The van der Waals surface area contributed by atoms with Crippen LogP contribution in [0.25, 0.3) is 10.2 Å². The van der Waals surface area contributed by atoms with Crippen molar-refractivity contribution in [1.29, 1.82) is 0 Å². The Labute approximate surface area is 127 Å². The first kappa shape index (κ1) is 16.3. The van der Waals surface area contributed by atoms with E-state index in [0.717, 1.165) is 23.5 Å². The number of rotatable bonds is 9. The summed E-state index contributed by atoms with van der Waals surface area (Å²) in [5.74, 6) is 0. The Bertz CT molecular complexity index is 514. The lowest BCUT2D eigenvalue weighted by atomic mass is 10.1. The Morgan fingerprint density at radius 1 is 1.33 bits per heavy atom. The third-order valence-corrected chi connectivity index (χ3v) is 4.17. The summed E-state index contributed by atoms with van der Waals surface area (Å²) in [5, 5.41) is 4.43. The molecule has 1 aromatic heterocycles. The summed E-state index contributed by atoms with van der Waals surface area (Å²) in [6.45, 7) is 2.72. The van der Waals surface area contributed by atoms with Crippen LogP contribution in [-0.2, 0) is 11.2 Å². The molecule has 0 saturated heterocycles. The number of hydrogen-bond donors (Lipinski definition) is 1. The minimum absolute atomic E-state index is 0.202. The normalized spacial score (nSPS) is 13.1. The Hall–Kier alpha value is -1.11. The molecule has 0 aliphatic carbocycles. The first-order chi connectivity index (χ1) is 10.2. The van der Waals surface area contributed by atoms with E-state index in [4.69, 9.17) is 4.74 Å². The van der Waals surface area contributed by atoms with Gasteiger partial charge in [-0.25, -0.2) is 13.8 Å². The smallest absolute Gasteiger partial charge is 0.261 e. The number of hydrogen-bond acceptors (Lipinski definition) is 4. The zero-order chi connectivity index (χ0) is 15.1. The van der Waals surface area contributed by atoms with Crippen molar-refractivity contribution in [3.8, 4) is 0 Å². The van der Waals surface area contributed by atoms with Crippen LogP contribution in [0.5, 0.6) is 0 Å². The van der Waals surface area contributed by atoms with Crippen LogP contribution in [-0.4, -0.2) is 37.2 Å². The van der Waals surface area contributed by atoms with E-state index in [0.29, 0.717) is 13.0 Å². The molecule has 0 fully saturated rings. The zero-order valence-corrected chi connectivity index (χ0v) is 12.8. The number of nitrogens with zero attached hydrogens (tertiary/aromatic N) is 1. The highest BCUT2D eigenvalue weighted by Crippen LogP contribution is 2.22. The number of halogens is 2. The lowest BCUT2D eigenvalue weighted by Crippen LogP contribution is -2.32. The van der Waals surface area contributed by atoms with E-state index in [2.05, 4.69) is 16.4 Å². The molecule has 3 nitrogen and oxygen atoms in total. The van der Waals surface area contributed by atoms with Gasteiger partial charge in [0.15, 0.2) is 0 Å². The number of para-hydroxylation sites is 1. The number of likely N-dealkylation sites (N-methyl/N-ethyl adjacent to an activating group) is 1. The molecule has 21 heavy (non-hydrogen) atoms. The summed E-state index contributed by atoms with van der Waals surface area (Å²) in [4.78, 5) is 4.61. The van der Waals surface area contributed by atoms with Gasteiger partial charge in [0.25, 0.3) is 6.43 Å². The summed E-state index contributed by atoms with van der Waals surface area (Å²) in [7, 11) is 0. The zero-order valence-electron chi connectivity index (χ0n) is 12.0. The number of ether oxygens (including phenoxy) is 1. The van der Waals surface area contributed by atoms with Crippen molar-refractivity contribution in [2.75, 3.05) is 19.8 Å². The van der Waals surface area contributed by atoms with E-state index in [1.807, 2.05) is 25.1 Å². The Morgan fingerprint density at radius 2 is 2.14 bits per heavy atom. The van der Waals surface area contributed by atoms with Crippen LogP contribution in [0.15, 0.2) is 24.3 Å². The summed E-state index contributed by atoms with van der Waals surface area (Å²) >= 11 is 1.68. The van der Waals surface area contributed by atoms with Crippen molar-refractivity contribution in [2.24, 2.45) is 0 Å². The fourth-order valence-corrected chi connectivity index (χ4v) is 3.23. The van der Waals surface area contributed by atoms with Gasteiger partial charge < -0.3 is 10.1 Å². The molecule has 1 atom stereocenters. The van der Waals surface area contributed by atoms with Crippen molar-refractivity contribution in [3.63, 3.8) is 0 Å². The Kier molecular flexibility index (Phi) is 6.48. The van der Waals surface area contributed by atoms with Crippen LogP contribution in [0.4, 0.5) is 8.78 Å². The van der Waals surface area contributed by atoms with Gasteiger partial charge in [0, 0.05) is 19.1 Å². The highest BCUT2D eigenvalue weighted by Gasteiger charge is 2.12. The fraction of sp³-hybridized carbons (Fsp3) is 0.533. The van der Waals surface area contributed by atoms with Gasteiger partial charge in [-0.15, -0.1) is 11.3 Å². The second kappa shape index (κ2) is 8.36. The summed E-state index contributed by atoms with van der Waals surface area (Å²) in [5.41, 5.74) is 1.02. The SMILES string of the molecule is CCNC(CCOCC(F)F)Cc1nc2ccccc2s1. The van der Waals surface area contributed by atoms with E-state index in [1.165, 1.54) is 4.70 Å². The molecule has 1 aromatic carbocycles. The minimum Gasteiger partial charge on any atom is -0.375 e. The van der Waals surface area contributed by atoms with Crippen LogP contribution in [0.3, 0.4) is 0 Å². The molecular formula is C15H20F2N2OS. The van der Waals surface area contributed by atoms with Crippen LogP contribution >= 0.6 is 11.3 Å². The average Bonchev–Trinajstić information content (AvgIpc) is 2.85.